The third kappa shape index (κ3) is 3.82. The van der Waals surface area contributed by atoms with Gasteiger partial charge < -0.3 is 4.74 Å². The van der Waals surface area contributed by atoms with Gasteiger partial charge in [0.25, 0.3) is 5.56 Å². The molecule has 2 aromatic heterocycles. The number of carbonyl (C=O) groups is 1. The Bertz CT molecular complexity index is 1260. The zero-order valence-corrected chi connectivity index (χ0v) is 17.7. The van der Waals surface area contributed by atoms with Gasteiger partial charge in [0.2, 0.25) is 5.78 Å². The summed E-state index contributed by atoms with van der Waals surface area (Å²) >= 11 is 1.25. The van der Waals surface area contributed by atoms with Gasteiger partial charge in [-0.2, -0.15) is 0 Å². The number of thioether (sulfide) groups is 1. The fourth-order valence-electron chi connectivity index (χ4n) is 3.19. The number of esters is 1. The van der Waals surface area contributed by atoms with Crippen LogP contribution < -0.4 is 5.56 Å². The molecule has 0 aliphatic heterocycles. The van der Waals surface area contributed by atoms with Crippen LogP contribution in [0.4, 0.5) is 0 Å². The minimum atomic E-state index is -0.290. The smallest absolute Gasteiger partial charge is 0.316 e. The van der Waals surface area contributed by atoms with Gasteiger partial charge in [-0.25, -0.2) is 4.57 Å². The van der Waals surface area contributed by atoms with E-state index < -0.39 is 0 Å². The van der Waals surface area contributed by atoms with E-state index in [0.717, 1.165) is 18.4 Å². The Labute approximate surface area is 177 Å². The highest BCUT2D eigenvalue weighted by atomic mass is 32.2. The Hall–Kier alpha value is -3.13. The lowest BCUT2D eigenvalue weighted by molar-refractivity contribution is -0.140. The largest absolute Gasteiger partial charge is 0.465 e. The van der Waals surface area contributed by atoms with E-state index in [-0.39, 0.29) is 17.3 Å². The number of rotatable bonds is 7. The van der Waals surface area contributed by atoms with E-state index in [9.17, 15) is 9.59 Å². The van der Waals surface area contributed by atoms with Gasteiger partial charge in [0.05, 0.1) is 29.0 Å². The summed E-state index contributed by atoms with van der Waals surface area (Å²) in [6, 6.07) is 15.0. The summed E-state index contributed by atoms with van der Waals surface area (Å²) in [6.07, 6.45) is 1.81. The molecule has 0 aliphatic rings. The van der Waals surface area contributed by atoms with Crippen molar-refractivity contribution in [2.75, 3.05) is 12.4 Å². The number of para-hydroxylation sites is 1. The molecule has 4 rings (SSSR count). The zero-order chi connectivity index (χ0) is 21.1. The van der Waals surface area contributed by atoms with Gasteiger partial charge in [-0.1, -0.05) is 54.9 Å². The quantitative estimate of drug-likeness (QED) is 0.256. The fraction of sp³-hybridized carbons (Fsp3) is 0.273. The molecule has 8 heteroatoms. The number of ether oxygens (including phenoxy) is 1. The molecule has 30 heavy (non-hydrogen) atoms. The first-order valence-electron chi connectivity index (χ1n) is 9.84. The van der Waals surface area contributed by atoms with Gasteiger partial charge in [0.1, 0.15) is 0 Å². The molecule has 0 fully saturated rings. The number of carbonyl (C=O) groups excluding carboxylic acids is 1. The van der Waals surface area contributed by atoms with Crippen LogP contribution in [0.5, 0.6) is 0 Å². The predicted octanol–water partition coefficient (Wildman–Crippen LogP) is 3.78. The van der Waals surface area contributed by atoms with E-state index in [4.69, 9.17) is 4.74 Å². The Morgan fingerprint density at radius 2 is 1.87 bits per heavy atom. The number of benzene rings is 2. The number of nitrogens with zero attached hydrogens (tertiary/aromatic N) is 4. The van der Waals surface area contributed by atoms with E-state index in [1.807, 2.05) is 60.7 Å². The molecular formula is C22H22N4O3S. The van der Waals surface area contributed by atoms with Crippen LogP contribution in [-0.2, 0) is 9.53 Å². The van der Waals surface area contributed by atoms with Crippen molar-refractivity contribution in [3.8, 4) is 5.69 Å². The topological polar surface area (TPSA) is 78.5 Å². The normalized spacial score (nSPS) is 11.3. The van der Waals surface area contributed by atoms with Gasteiger partial charge in [-0.05, 0) is 37.6 Å². The van der Waals surface area contributed by atoms with E-state index in [2.05, 4.69) is 10.2 Å². The molecule has 4 aromatic rings. The lowest BCUT2D eigenvalue weighted by atomic mass is 10.2. The van der Waals surface area contributed by atoms with Crippen LogP contribution in [0.3, 0.4) is 0 Å². The van der Waals surface area contributed by atoms with Crippen LogP contribution in [0.15, 0.2) is 58.5 Å². The summed E-state index contributed by atoms with van der Waals surface area (Å²) in [7, 11) is 0. The average Bonchev–Trinajstić information content (AvgIpc) is 3.18. The third-order valence-corrected chi connectivity index (χ3v) is 5.67. The number of fused-ring (bicyclic) bond motifs is 3. The second kappa shape index (κ2) is 8.71. The number of hydrogen-bond donors (Lipinski definition) is 0. The van der Waals surface area contributed by atoms with E-state index in [1.54, 1.807) is 10.6 Å². The summed E-state index contributed by atoms with van der Waals surface area (Å²) in [6.45, 7) is 4.46. The summed E-state index contributed by atoms with van der Waals surface area (Å²) in [4.78, 5) is 25.3. The standard InChI is InChI=1S/C22H22N4O3S/c1-3-4-13-29-19(27)14-30-22-24-23-21-25(16-11-9-15(2)10-12-16)20(28)17-7-5-6-8-18(17)26(21)22/h5-12H,3-4,13-14H2,1-2H3. The van der Waals surface area contributed by atoms with Crippen LogP contribution >= 0.6 is 11.8 Å². The van der Waals surface area contributed by atoms with Crippen molar-refractivity contribution >= 4 is 34.4 Å². The lowest BCUT2D eigenvalue weighted by Gasteiger charge is -2.11. The first-order valence-corrected chi connectivity index (χ1v) is 10.8. The van der Waals surface area contributed by atoms with Crippen molar-refractivity contribution in [2.24, 2.45) is 0 Å². The molecule has 0 saturated carbocycles. The second-order valence-corrected chi connectivity index (χ2v) is 7.92. The molecule has 0 aliphatic carbocycles. The SMILES string of the molecule is CCCCOC(=O)CSc1nnc2n(-c3ccc(C)cc3)c(=O)c3ccccc3n12. The van der Waals surface area contributed by atoms with Crippen molar-refractivity contribution in [3.05, 3.63) is 64.4 Å². The van der Waals surface area contributed by atoms with E-state index >= 15 is 0 Å². The predicted molar refractivity (Wildman–Crippen MR) is 117 cm³/mol. The third-order valence-electron chi connectivity index (χ3n) is 4.77. The second-order valence-electron chi connectivity index (χ2n) is 6.97. The zero-order valence-electron chi connectivity index (χ0n) is 16.9. The van der Waals surface area contributed by atoms with Crippen LogP contribution in [0, 0.1) is 6.92 Å². The minimum absolute atomic E-state index is 0.127. The number of unbranched alkanes of at least 4 members (excludes halogenated alkanes) is 1. The number of aryl methyl sites for hydroxylation is 1. The first kappa shape index (κ1) is 20.2. The van der Waals surface area contributed by atoms with Crippen LogP contribution in [-0.4, -0.2) is 37.5 Å². The number of hydrogen-bond acceptors (Lipinski definition) is 6. The Morgan fingerprint density at radius 3 is 2.63 bits per heavy atom. The summed E-state index contributed by atoms with van der Waals surface area (Å²) in [5, 5.41) is 9.64. The van der Waals surface area contributed by atoms with Crippen molar-refractivity contribution in [3.63, 3.8) is 0 Å². The maximum absolute atomic E-state index is 13.3. The molecule has 0 saturated heterocycles. The highest BCUT2D eigenvalue weighted by molar-refractivity contribution is 7.99. The Balaban J connectivity index is 1.80. The van der Waals surface area contributed by atoms with Crippen molar-refractivity contribution < 1.29 is 9.53 Å². The van der Waals surface area contributed by atoms with Crippen molar-refractivity contribution in [1.29, 1.82) is 0 Å². The van der Waals surface area contributed by atoms with Crippen LogP contribution in [0.1, 0.15) is 25.3 Å². The molecule has 154 valence electrons. The van der Waals surface area contributed by atoms with Gasteiger partial charge in [0, 0.05) is 0 Å². The van der Waals surface area contributed by atoms with Gasteiger partial charge in [-0.15, -0.1) is 10.2 Å². The summed E-state index contributed by atoms with van der Waals surface area (Å²) in [5.41, 5.74) is 2.35. The minimum Gasteiger partial charge on any atom is -0.465 e. The van der Waals surface area contributed by atoms with Gasteiger partial charge >= 0.3 is 5.97 Å². The van der Waals surface area contributed by atoms with Crippen molar-refractivity contribution in [2.45, 2.75) is 31.8 Å². The van der Waals surface area contributed by atoms with E-state index in [1.165, 1.54) is 11.8 Å². The molecule has 0 spiro atoms. The molecule has 0 bridgehead atoms. The molecular weight excluding hydrogens is 400 g/mol. The Morgan fingerprint density at radius 1 is 1.10 bits per heavy atom. The molecule has 0 unspecified atom stereocenters. The maximum Gasteiger partial charge on any atom is 0.316 e. The maximum atomic E-state index is 13.3. The van der Waals surface area contributed by atoms with Crippen LogP contribution in [0.25, 0.3) is 22.4 Å². The monoisotopic (exact) mass is 422 g/mol. The number of aromatic nitrogens is 4. The molecule has 0 N–H and O–H groups in total. The highest BCUT2D eigenvalue weighted by Crippen LogP contribution is 2.23. The molecule has 7 nitrogen and oxygen atoms in total. The fourth-order valence-corrected chi connectivity index (χ4v) is 3.93. The summed E-state index contributed by atoms with van der Waals surface area (Å²) < 4.78 is 8.61. The molecule has 0 radical (unpaired) electrons. The average molecular weight is 423 g/mol. The van der Waals surface area contributed by atoms with Gasteiger partial charge in [-0.3, -0.25) is 14.0 Å². The lowest BCUT2D eigenvalue weighted by Crippen LogP contribution is -2.21. The van der Waals surface area contributed by atoms with Crippen LogP contribution in [0.2, 0.25) is 0 Å². The highest BCUT2D eigenvalue weighted by Gasteiger charge is 2.18. The molecule has 0 atom stereocenters. The van der Waals surface area contributed by atoms with E-state index in [0.29, 0.717) is 34.1 Å². The first-order chi connectivity index (χ1) is 14.6. The molecule has 2 aromatic carbocycles. The summed E-state index contributed by atoms with van der Waals surface area (Å²) in [5.74, 6) is 0.244. The Kier molecular flexibility index (Phi) is 5.85. The van der Waals surface area contributed by atoms with Gasteiger partial charge in [0.15, 0.2) is 5.16 Å². The van der Waals surface area contributed by atoms with Crippen molar-refractivity contribution in [1.82, 2.24) is 19.2 Å². The molecule has 0 amide bonds. The molecule has 2 heterocycles.